The first-order valence-electron chi connectivity index (χ1n) is 14.2. The number of nitrogens with zero attached hydrogens (tertiary/aromatic N) is 3. The third-order valence-corrected chi connectivity index (χ3v) is 8.47. The van der Waals surface area contributed by atoms with Crippen LogP contribution < -0.4 is 0 Å². The molecule has 0 atom stereocenters. The van der Waals surface area contributed by atoms with E-state index in [1.807, 2.05) is 97.9 Å². The molecular weight excluding hydrogens is 526 g/mol. The average molecular weight is 550 g/mol. The summed E-state index contributed by atoms with van der Waals surface area (Å²) in [5, 5.41) is 25.9. The second-order valence-electron chi connectivity index (χ2n) is 10.7. The number of rotatable bonds is 3. The summed E-state index contributed by atoms with van der Waals surface area (Å²) in [6.07, 6.45) is 0. The molecule has 0 bridgehead atoms. The summed E-state index contributed by atoms with van der Waals surface area (Å²) in [5.74, 6) is 0. The van der Waals surface area contributed by atoms with Crippen LogP contribution in [0.25, 0.3) is 71.7 Å². The molecule has 0 aliphatic heterocycles. The van der Waals surface area contributed by atoms with Crippen LogP contribution in [-0.4, -0.2) is 4.57 Å². The van der Waals surface area contributed by atoms with Crippen molar-refractivity contribution in [2.24, 2.45) is 0 Å². The SMILES string of the molecule is Cc1c(-c2ccccc2)c(C#N)c(-n2c3ccccc3c3cc4c(cc32)oc2ccccc24)c(C#N)c1-c1ccccc1. The van der Waals surface area contributed by atoms with Gasteiger partial charge in [0.2, 0.25) is 0 Å². The summed E-state index contributed by atoms with van der Waals surface area (Å²) in [4.78, 5) is 0. The Morgan fingerprint density at radius 2 is 1.09 bits per heavy atom. The van der Waals surface area contributed by atoms with Crippen molar-refractivity contribution in [2.45, 2.75) is 6.92 Å². The largest absolute Gasteiger partial charge is 0.456 e. The molecule has 6 aromatic carbocycles. The number of nitriles is 2. The third-order valence-electron chi connectivity index (χ3n) is 8.47. The van der Waals surface area contributed by atoms with Crippen molar-refractivity contribution in [3.8, 4) is 40.1 Å². The Labute approximate surface area is 247 Å². The Morgan fingerprint density at radius 1 is 0.535 bits per heavy atom. The Morgan fingerprint density at radius 3 is 1.72 bits per heavy atom. The quantitative estimate of drug-likeness (QED) is 0.220. The van der Waals surface area contributed by atoms with Crippen LogP contribution >= 0.6 is 0 Å². The summed E-state index contributed by atoms with van der Waals surface area (Å²) in [7, 11) is 0. The van der Waals surface area contributed by atoms with E-state index in [2.05, 4.69) is 47.0 Å². The van der Waals surface area contributed by atoms with Gasteiger partial charge in [0.15, 0.2) is 0 Å². The highest BCUT2D eigenvalue weighted by Gasteiger charge is 2.27. The predicted molar refractivity (Wildman–Crippen MR) is 173 cm³/mol. The average Bonchev–Trinajstić information content (AvgIpc) is 3.58. The van der Waals surface area contributed by atoms with Gasteiger partial charge in [-0.15, -0.1) is 0 Å². The molecule has 0 aliphatic rings. The number of hydrogen-bond donors (Lipinski definition) is 0. The second kappa shape index (κ2) is 9.48. The van der Waals surface area contributed by atoms with Crippen LogP contribution in [0.5, 0.6) is 0 Å². The van der Waals surface area contributed by atoms with Crippen molar-refractivity contribution in [1.29, 1.82) is 10.5 Å². The van der Waals surface area contributed by atoms with Gasteiger partial charge < -0.3 is 8.98 Å². The Bertz CT molecular complexity index is 2390. The van der Waals surface area contributed by atoms with Crippen LogP contribution in [0.4, 0.5) is 0 Å². The molecule has 4 nitrogen and oxygen atoms in total. The first-order valence-corrected chi connectivity index (χ1v) is 14.2. The summed E-state index contributed by atoms with van der Waals surface area (Å²) >= 11 is 0. The zero-order valence-corrected chi connectivity index (χ0v) is 23.3. The van der Waals surface area contributed by atoms with Gasteiger partial charge in [-0.1, -0.05) is 97.1 Å². The van der Waals surface area contributed by atoms with Gasteiger partial charge in [0.25, 0.3) is 0 Å². The molecule has 0 unspecified atom stereocenters. The van der Waals surface area contributed by atoms with E-state index in [9.17, 15) is 10.5 Å². The van der Waals surface area contributed by atoms with E-state index < -0.39 is 0 Å². The highest BCUT2D eigenvalue weighted by molar-refractivity contribution is 6.17. The van der Waals surface area contributed by atoms with Gasteiger partial charge in [0, 0.05) is 38.7 Å². The molecule has 0 aliphatic carbocycles. The van der Waals surface area contributed by atoms with Crippen LogP contribution in [0.2, 0.25) is 0 Å². The zero-order valence-electron chi connectivity index (χ0n) is 23.3. The maximum absolute atomic E-state index is 10.9. The van der Waals surface area contributed by atoms with Crippen LogP contribution in [0.3, 0.4) is 0 Å². The van der Waals surface area contributed by atoms with Gasteiger partial charge >= 0.3 is 0 Å². The van der Waals surface area contributed by atoms with Crippen molar-refractivity contribution < 1.29 is 4.42 Å². The maximum atomic E-state index is 10.9. The third kappa shape index (κ3) is 3.54. The lowest BCUT2D eigenvalue weighted by molar-refractivity contribution is 0.669. The van der Waals surface area contributed by atoms with Gasteiger partial charge in [0.05, 0.1) is 27.8 Å². The number of furan rings is 1. The van der Waals surface area contributed by atoms with Gasteiger partial charge in [-0.2, -0.15) is 10.5 Å². The van der Waals surface area contributed by atoms with Gasteiger partial charge in [-0.3, -0.25) is 0 Å². The smallest absolute Gasteiger partial charge is 0.137 e. The molecule has 0 spiro atoms. The highest BCUT2D eigenvalue weighted by atomic mass is 16.3. The fraction of sp³-hybridized carbons (Fsp3) is 0.0256. The molecule has 200 valence electrons. The van der Waals surface area contributed by atoms with E-state index in [-0.39, 0.29) is 0 Å². The monoisotopic (exact) mass is 549 g/mol. The molecule has 43 heavy (non-hydrogen) atoms. The van der Waals surface area contributed by atoms with Crippen molar-refractivity contribution in [3.05, 3.63) is 138 Å². The fourth-order valence-electron chi connectivity index (χ4n) is 6.66. The molecule has 0 fully saturated rings. The molecule has 0 saturated carbocycles. The van der Waals surface area contributed by atoms with Gasteiger partial charge in [-0.25, -0.2) is 0 Å². The lowest BCUT2D eigenvalue weighted by Gasteiger charge is -2.22. The normalized spacial score (nSPS) is 11.3. The number of benzene rings is 6. The van der Waals surface area contributed by atoms with E-state index in [1.54, 1.807) is 0 Å². The number of fused-ring (bicyclic) bond motifs is 6. The molecule has 2 heterocycles. The molecule has 0 saturated heterocycles. The standard InChI is InChI=1S/C39H23N3O/c1-24-37(25-12-4-2-5-13-25)31(22-40)39(32(23-41)38(24)26-14-6-3-7-15-26)42-33-18-10-8-16-27(33)29-20-30-28-17-9-11-19-35(28)43-36(30)21-34(29)42/h2-21H,1H3. The molecule has 2 aromatic heterocycles. The zero-order chi connectivity index (χ0) is 29.1. The van der Waals surface area contributed by atoms with Crippen molar-refractivity contribution >= 4 is 43.7 Å². The van der Waals surface area contributed by atoms with E-state index in [0.29, 0.717) is 16.8 Å². The van der Waals surface area contributed by atoms with Crippen LogP contribution in [0, 0.1) is 29.6 Å². The van der Waals surface area contributed by atoms with E-state index >= 15 is 0 Å². The molecule has 8 rings (SSSR count). The van der Waals surface area contributed by atoms with Gasteiger partial charge in [-0.05, 0) is 41.8 Å². The molecule has 8 aromatic rings. The van der Waals surface area contributed by atoms with Crippen LogP contribution in [0.1, 0.15) is 16.7 Å². The molecule has 0 N–H and O–H groups in total. The molecule has 0 amide bonds. The number of aromatic nitrogens is 1. The minimum atomic E-state index is 0.465. The summed E-state index contributed by atoms with van der Waals surface area (Å²) < 4.78 is 8.41. The Hall–Kier alpha value is -6.10. The summed E-state index contributed by atoms with van der Waals surface area (Å²) in [6.45, 7) is 2.01. The Balaban J connectivity index is 1.61. The number of hydrogen-bond acceptors (Lipinski definition) is 3. The minimum Gasteiger partial charge on any atom is -0.456 e. The lowest BCUT2D eigenvalue weighted by atomic mass is 9.84. The second-order valence-corrected chi connectivity index (χ2v) is 10.7. The molecular formula is C39H23N3O. The summed E-state index contributed by atoms with van der Waals surface area (Å²) in [5.41, 5.74) is 9.30. The van der Waals surface area contributed by atoms with Crippen molar-refractivity contribution in [3.63, 3.8) is 0 Å². The van der Waals surface area contributed by atoms with Crippen molar-refractivity contribution in [1.82, 2.24) is 4.57 Å². The Kier molecular flexibility index (Phi) is 5.44. The first-order chi connectivity index (χ1) is 21.2. The first kappa shape index (κ1) is 24.7. The predicted octanol–water partition coefficient (Wildman–Crippen LogP) is 10.1. The maximum Gasteiger partial charge on any atom is 0.137 e. The fourth-order valence-corrected chi connectivity index (χ4v) is 6.66. The minimum absolute atomic E-state index is 0.465. The van der Waals surface area contributed by atoms with Gasteiger partial charge in [0.1, 0.15) is 23.3 Å². The van der Waals surface area contributed by atoms with E-state index in [0.717, 1.165) is 71.6 Å². The molecule has 4 heteroatoms. The molecule has 0 radical (unpaired) electrons. The van der Waals surface area contributed by atoms with E-state index in [4.69, 9.17) is 4.42 Å². The summed E-state index contributed by atoms with van der Waals surface area (Å²) in [6, 6.07) is 45.5. The highest BCUT2D eigenvalue weighted by Crippen LogP contribution is 2.45. The van der Waals surface area contributed by atoms with E-state index in [1.165, 1.54) is 0 Å². The lowest BCUT2D eigenvalue weighted by Crippen LogP contribution is -2.07. The number of para-hydroxylation sites is 2. The topological polar surface area (TPSA) is 65.7 Å². The van der Waals surface area contributed by atoms with Crippen LogP contribution in [0.15, 0.2) is 126 Å². The van der Waals surface area contributed by atoms with Crippen LogP contribution in [-0.2, 0) is 0 Å². The van der Waals surface area contributed by atoms with Crippen molar-refractivity contribution in [2.75, 3.05) is 0 Å².